The zero-order valence-electron chi connectivity index (χ0n) is 11.5. The van der Waals surface area contributed by atoms with Crippen LogP contribution >= 0.6 is 0 Å². The fourth-order valence-electron chi connectivity index (χ4n) is 2.52. The van der Waals surface area contributed by atoms with Crippen molar-refractivity contribution in [2.75, 3.05) is 26.7 Å². The molecule has 0 saturated carbocycles. The highest BCUT2D eigenvalue weighted by molar-refractivity contribution is 6.03. The molecule has 20 heavy (non-hydrogen) atoms. The van der Waals surface area contributed by atoms with Gasteiger partial charge in [-0.15, -0.1) is 0 Å². The number of aromatic carboxylic acids is 1. The molecule has 0 bridgehead atoms. The molecule has 0 radical (unpaired) electrons. The maximum atomic E-state index is 12.0. The Kier molecular flexibility index (Phi) is 4.68. The number of pyridine rings is 1. The molecule has 0 spiro atoms. The van der Waals surface area contributed by atoms with Crippen molar-refractivity contribution < 1.29 is 14.7 Å². The first kappa shape index (κ1) is 14.5. The van der Waals surface area contributed by atoms with Crippen molar-refractivity contribution in [3.05, 3.63) is 29.6 Å². The van der Waals surface area contributed by atoms with E-state index in [0.29, 0.717) is 12.5 Å². The number of carboxylic acid groups (broad SMARTS) is 1. The van der Waals surface area contributed by atoms with Gasteiger partial charge < -0.3 is 15.3 Å². The molecule has 1 amide bonds. The summed E-state index contributed by atoms with van der Waals surface area (Å²) in [4.78, 5) is 29.2. The largest absolute Gasteiger partial charge is 0.478 e. The van der Waals surface area contributed by atoms with E-state index in [1.807, 2.05) is 0 Å². The van der Waals surface area contributed by atoms with Crippen LogP contribution in [0.1, 0.15) is 33.7 Å². The van der Waals surface area contributed by atoms with Gasteiger partial charge in [0, 0.05) is 19.3 Å². The minimum Gasteiger partial charge on any atom is -0.478 e. The van der Waals surface area contributed by atoms with Gasteiger partial charge in [-0.1, -0.05) is 0 Å². The Morgan fingerprint density at radius 1 is 1.55 bits per heavy atom. The third-order valence-electron chi connectivity index (χ3n) is 3.53. The molecule has 1 aliphatic rings. The summed E-state index contributed by atoms with van der Waals surface area (Å²) in [7, 11) is 2.06. The van der Waals surface area contributed by atoms with Crippen molar-refractivity contribution in [2.45, 2.75) is 12.8 Å². The molecule has 1 aromatic rings. The Morgan fingerprint density at radius 3 is 3.05 bits per heavy atom. The van der Waals surface area contributed by atoms with E-state index >= 15 is 0 Å². The number of nitrogens with zero attached hydrogens (tertiary/aromatic N) is 2. The second kappa shape index (κ2) is 6.47. The minimum absolute atomic E-state index is 0.0239. The van der Waals surface area contributed by atoms with Crippen molar-refractivity contribution in [1.82, 2.24) is 15.2 Å². The predicted molar refractivity (Wildman–Crippen MR) is 73.8 cm³/mol. The van der Waals surface area contributed by atoms with Crippen molar-refractivity contribution >= 4 is 11.9 Å². The number of hydrogen-bond donors (Lipinski definition) is 2. The lowest BCUT2D eigenvalue weighted by atomic mass is 9.98. The number of hydrogen-bond acceptors (Lipinski definition) is 4. The second-order valence-electron chi connectivity index (χ2n) is 5.19. The Balaban J connectivity index is 1.97. The van der Waals surface area contributed by atoms with Gasteiger partial charge in [0.2, 0.25) is 0 Å². The van der Waals surface area contributed by atoms with E-state index in [4.69, 9.17) is 5.11 Å². The van der Waals surface area contributed by atoms with E-state index in [9.17, 15) is 9.59 Å². The highest BCUT2D eigenvalue weighted by Gasteiger charge is 2.21. The number of amides is 1. The predicted octanol–water partition coefficient (Wildman–Crippen LogP) is 0.851. The van der Waals surface area contributed by atoms with Gasteiger partial charge >= 0.3 is 5.97 Å². The fraction of sp³-hybridized carbons (Fsp3) is 0.500. The van der Waals surface area contributed by atoms with Gasteiger partial charge in [0.15, 0.2) is 0 Å². The normalized spacial score (nSPS) is 19.6. The molecule has 1 unspecified atom stereocenters. The standard InChI is InChI=1S/C14H19N3O3/c1-17-7-3-4-10(9-17)8-16-13(18)12-11(14(19)20)5-2-6-15-12/h2,5-6,10H,3-4,7-9H2,1H3,(H,16,18)(H,19,20). The van der Waals surface area contributed by atoms with Crippen LogP contribution in [0.25, 0.3) is 0 Å². The second-order valence-corrected chi connectivity index (χ2v) is 5.19. The summed E-state index contributed by atoms with van der Waals surface area (Å²) in [6.07, 6.45) is 3.63. The number of rotatable bonds is 4. The van der Waals surface area contributed by atoms with Gasteiger partial charge in [-0.05, 0) is 44.5 Å². The number of nitrogens with one attached hydrogen (secondary N) is 1. The third-order valence-corrected chi connectivity index (χ3v) is 3.53. The highest BCUT2D eigenvalue weighted by atomic mass is 16.4. The van der Waals surface area contributed by atoms with Gasteiger partial charge in [0.05, 0.1) is 5.56 Å². The van der Waals surface area contributed by atoms with E-state index in [2.05, 4.69) is 22.2 Å². The van der Waals surface area contributed by atoms with Crippen LogP contribution in [0.4, 0.5) is 0 Å². The zero-order chi connectivity index (χ0) is 14.5. The van der Waals surface area contributed by atoms with Crippen LogP contribution in [0, 0.1) is 5.92 Å². The first-order valence-corrected chi connectivity index (χ1v) is 6.73. The Morgan fingerprint density at radius 2 is 2.35 bits per heavy atom. The van der Waals surface area contributed by atoms with Crippen LogP contribution < -0.4 is 5.32 Å². The average Bonchev–Trinajstić information content (AvgIpc) is 2.45. The van der Waals surface area contributed by atoms with Crippen LogP contribution in [0.2, 0.25) is 0 Å². The Bertz CT molecular complexity index is 504. The van der Waals surface area contributed by atoms with Gasteiger partial charge in [-0.3, -0.25) is 9.78 Å². The molecule has 1 aliphatic heterocycles. The van der Waals surface area contributed by atoms with Crippen molar-refractivity contribution in [2.24, 2.45) is 5.92 Å². The van der Waals surface area contributed by atoms with Gasteiger partial charge in [-0.2, -0.15) is 0 Å². The molecule has 6 nitrogen and oxygen atoms in total. The maximum absolute atomic E-state index is 12.0. The Hall–Kier alpha value is -1.95. The topological polar surface area (TPSA) is 82.5 Å². The lowest BCUT2D eigenvalue weighted by Crippen LogP contribution is -2.39. The molecule has 108 valence electrons. The third kappa shape index (κ3) is 3.54. The lowest BCUT2D eigenvalue weighted by molar-refractivity contribution is 0.0689. The van der Waals surface area contributed by atoms with E-state index in [1.54, 1.807) is 0 Å². The van der Waals surface area contributed by atoms with Crippen LogP contribution in [0.5, 0.6) is 0 Å². The lowest BCUT2D eigenvalue weighted by Gasteiger charge is -2.29. The number of carbonyl (C=O) groups excluding carboxylic acids is 1. The Labute approximate surface area is 117 Å². The van der Waals surface area contributed by atoms with E-state index in [0.717, 1.165) is 25.9 Å². The summed E-state index contributed by atoms with van der Waals surface area (Å²) < 4.78 is 0. The molecular weight excluding hydrogens is 258 g/mol. The molecule has 1 atom stereocenters. The summed E-state index contributed by atoms with van der Waals surface area (Å²) >= 11 is 0. The summed E-state index contributed by atoms with van der Waals surface area (Å²) in [5, 5.41) is 11.8. The van der Waals surface area contributed by atoms with Crippen LogP contribution in [0.3, 0.4) is 0 Å². The summed E-state index contributed by atoms with van der Waals surface area (Å²) in [5.41, 5.74) is -0.0880. The molecule has 0 aliphatic carbocycles. The number of aromatic nitrogens is 1. The fourth-order valence-corrected chi connectivity index (χ4v) is 2.52. The van der Waals surface area contributed by atoms with E-state index < -0.39 is 11.9 Å². The van der Waals surface area contributed by atoms with Crippen LogP contribution in [-0.2, 0) is 0 Å². The van der Waals surface area contributed by atoms with Crippen molar-refractivity contribution in [3.63, 3.8) is 0 Å². The van der Waals surface area contributed by atoms with Crippen LogP contribution in [0.15, 0.2) is 18.3 Å². The molecule has 1 fully saturated rings. The number of likely N-dealkylation sites (tertiary alicyclic amines) is 1. The van der Waals surface area contributed by atoms with Gasteiger partial charge in [0.25, 0.3) is 5.91 Å². The molecule has 1 aromatic heterocycles. The minimum atomic E-state index is -1.14. The summed E-state index contributed by atoms with van der Waals surface area (Å²) in [6, 6.07) is 2.90. The van der Waals surface area contributed by atoms with Crippen molar-refractivity contribution in [3.8, 4) is 0 Å². The molecule has 1 saturated heterocycles. The van der Waals surface area contributed by atoms with Gasteiger partial charge in [-0.25, -0.2) is 4.79 Å². The molecular formula is C14H19N3O3. The maximum Gasteiger partial charge on any atom is 0.338 e. The highest BCUT2D eigenvalue weighted by Crippen LogP contribution is 2.14. The monoisotopic (exact) mass is 277 g/mol. The molecule has 6 heteroatoms. The molecule has 2 N–H and O–H groups in total. The molecule has 0 aromatic carbocycles. The number of piperidine rings is 1. The average molecular weight is 277 g/mol. The summed E-state index contributed by atoms with van der Waals surface area (Å²) in [6.45, 7) is 2.60. The molecule has 2 heterocycles. The first-order valence-electron chi connectivity index (χ1n) is 6.73. The zero-order valence-corrected chi connectivity index (χ0v) is 11.5. The van der Waals surface area contributed by atoms with Crippen molar-refractivity contribution in [1.29, 1.82) is 0 Å². The smallest absolute Gasteiger partial charge is 0.338 e. The van der Waals surface area contributed by atoms with Crippen LogP contribution in [-0.4, -0.2) is 53.5 Å². The quantitative estimate of drug-likeness (QED) is 0.852. The van der Waals surface area contributed by atoms with E-state index in [1.165, 1.54) is 18.3 Å². The first-order chi connectivity index (χ1) is 9.58. The molecule has 2 rings (SSSR count). The summed E-state index contributed by atoms with van der Waals surface area (Å²) in [5.74, 6) is -1.15. The SMILES string of the molecule is CN1CCCC(CNC(=O)c2ncccc2C(=O)O)C1. The van der Waals surface area contributed by atoms with E-state index in [-0.39, 0.29) is 11.3 Å². The number of carboxylic acids is 1. The number of carbonyl (C=O) groups is 2. The van der Waals surface area contributed by atoms with Gasteiger partial charge in [0.1, 0.15) is 5.69 Å².